The molecule has 0 radical (unpaired) electrons. The maximum absolute atomic E-state index is 11.3. The Morgan fingerprint density at radius 2 is 1.74 bits per heavy atom. The van der Waals surface area contributed by atoms with Gasteiger partial charge < -0.3 is 18.9 Å². The van der Waals surface area contributed by atoms with Crippen LogP contribution in [0.25, 0.3) is 0 Å². The number of carbonyl (C=O) groups excluding carboxylic acids is 1. The molecule has 0 bridgehead atoms. The lowest BCUT2D eigenvalue weighted by atomic mass is 10.1. The fourth-order valence-corrected chi connectivity index (χ4v) is 2.52. The Bertz CT molecular complexity index is 655. The molecule has 0 spiro atoms. The second kappa shape index (κ2) is 8.73. The first kappa shape index (κ1) is 17.6. The van der Waals surface area contributed by atoms with E-state index in [2.05, 4.69) is 27.3 Å². The number of rotatable bonds is 7. The van der Waals surface area contributed by atoms with Crippen molar-refractivity contribution in [2.45, 2.75) is 6.42 Å². The van der Waals surface area contributed by atoms with Gasteiger partial charge in [-0.15, -0.1) is 0 Å². The minimum Gasteiger partial charge on any atom is -0.469 e. The SMILES string of the molecule is COCOc1ccc(Oc2ccc(CC(=O)OC)cc2I)cc1. The summed E-state index contributed by atoms with van der Waals surface area (Å²) in [5.74, 6) is 1.88. The molecule has 0 aliphatic carbocycles. The van der Waals surface area contributed by atoms with Crippen molar-refractivity contribution in [1.29, 1.82) is 0 Å². The molecule has 2 rings (SSSR count). The van der Waals surface area contributed by atoms with Crippen molar-refractivity contribution in [1.82, 2.24) is 0 Å². The maximum atomic E-state index is 11.3. The zero-order valence-electron chi connectivity index (χ0n) is 12.9. The number of methoxy groups -OCH3 is 2. The van der Waals surface area contributed by atoms with E-state index in [4.69, 9.17) is 14.2 Å². The molecule has 122 valence electrons. The van der Waals surface area contributed by atoms with Crippen molar-refractivity contribution in [3.63, 3.8) is 0 Å². The van der Waals surface area contributed by atoms with Crippen molar-refractivity contribution < 1.29 is 23.7 Å². The summed E-state index contributed by atoms with van der Waals surface area (Å²) in [6.07, 6.45) is 0.248. The summed E-state index contributed by atoms with van der Waals surface area (Å²) in [5.41, 5.74) is 0.886. The topological polar surface area (TPSA) is 54.0 Å². The molecule has 0 atom stereocenters. The number of carbonyl (C=O) groups is 1. The highest BCUT2D eigenvalue weighted by Gasteiger charge is 2.08. The molecule has 0 fully saturated rings. The second-order valence-electron chi connectivity index (χ2n) is 4.64. The molecule has 6 heteroatoms. The monoisotopic (exact) mass is 428 g/mol. The highest BCUT2D eigenvalue weighted by Crippen LogP contribution is 2.29. The summed E-state index contributed by atoms with van der Waals surface area (Å²) in [5, 5.41) is 0. The first-order valence-electron chi connectivity index (χ1n) is 6.87. The normalized spacial score (nSPS) is 10.2. The third-order valence-electron chi connectivity index (χ3n) is 2.97. The van der Waals surface area contributed by atoms with E-state index in [1.165, 1.54) is 7.11 Å². The lowest BCUT2D eigenvalue weighted by Gasteiger charge is -2.10. The Hall–Kier alpha value is -1.80. The summed E-state index contributed by atoms with van der Waals surface area (Å²) >= 11 is 2.18. The van der Waals surface area contributed by atoms with E-state index in [9.17, 15) is 4.79 Å². The van der Waals surface area contributed by atoms with Crippen LogP contribution in [0, 0.1) is 3.57 Å². The molecule has 5 nitrogen and oxygen atoms in total. The zero-order chi connectivity index (χ0) is 16.7. The van der Waals surface area contributed by atoms with Crippen LogP contribution in [0.2, 0.25) is 0 Å². The van der Waals surface area contributed by atoms with Gasteiger partial charge in [0, 0.05) is 7.11 Å². The number of hydrogen-bond donors (Lipinski definition) is 0. The first-order valence-corrected chi connectivity index (χ1v) is 7.95. The number of hydrogen-bond acceptors (Lipinski definition) is 5. The average molecular weight is 428 g/mol. The molecule has 0 saturated carbocycles. The predicted molar refractivity (Wildman–Crippen MR) is 93.9 cm³/mol. The molecule has 2 aromatic carbocycles. The van der Waals surface area contributed by atoms with Crippen LogP contribution >= 0.6 is 22.6 Å². The highest BCUT2D eigenvalue weighted by atomic mass is 127. The average Bonchev–Trinajstić information content (AvgIpc) is 2.56. The molecule has 0 amide bonds. The Morgan fingerprint density at radius 1 is 1.04 bits per heavy atom. The van der Waals surface area contributed by atoms with Gasteiger partial charge in [-0.1, -0.05) is 6.07 Å². The van der Waals surface area contributed by atoms with Gasteiger partial charge in [-0.25, -0.2) is 0 Å². The molecule has 0 aromatic heterocycles. The summed E-state index contributed by atoms with van der Waals surface area (Å²) in [6.45, 7) is 0.208. The molecule has 23 heavy (non-hydrogen) atoms. The first-order chi connectivity index (χ1) is 11.1. The van der Waals surface area contributed by atoms with Crippen molar-refractivity contribution in [2.24, 2.45) is 0 Å². The van der Waals surface area contributed by atoms with Gasteiger partial charge in [0.05, 0.1) is 17.1 Å². The van der Waals surface area contributed by atoms with Crippen LogP contribution in [0.4, 0.5) is 0 Å². The van der Waals surface area contributed by atoms with E-state index in [1.54, 1.807) is 7.11 Å². The van der Waals surface area contributed by atoms with Gasteiger partial charge in [-0.2, -0.15) is 0 Å². The number of esters is 1. The minimum atomic E-state index is -0.263. The van der Waals surface area contributed by atoms with E-state index in [-0.39, 0.29) is 19.2 Å². The smallest absolute Gasteiger partial charge is 0.309 e. The minimum absolute atomic E-state index is 0.208. The van der Waals surface area contributed by atoms with Crippen LogP contribution in [0.1, 0.15) is 5.56 Å². The van der Waals surface area contributed by atoms with E-state index >= 15 is 0 Å². The number of halogens is 1. The Balaban J connectivity index is 2.03. The highest BCUT2D eigenvalue weighted by molar-refractivity contribution is 14.1. The van der Waals surface area contributed by atoms with Crippen molar-refractivity contribution in [2.75, 3.05) is 21.0 Å². The number of ether oxygens (including phenoxy) is 4. The van der Waals surface area contributed by atoms with Gasteiger partial charge >= 0.3 is 5.97 Å². The quantitative estimate of drug-likeness (QED) is 0.382. The van der Waals surface area contributed by atoms with E-state index in [0.29, 0.717) is 11.5 Å². The molecular weight excluding hydrogens is 411 g/mol. The third-order valence-corrected chi connectivity index (χ3v) is 3.81. The third kappa shape index (κ3) is 5.40. The summed E-state index contributed by atoms with van der Waals surface area (Å²) in [4.78, 5) is 11.3. The summed E-state index contributed by atoms with van der Waals surface area (Å²) in [7, 11) is 2.95. The van der Waals surface area contributed by atoms with Crippen molar-refractivity contribution in [3.8, 4) is 17.2 Å². The second-order valence-corrected chi connectivity index (χ2v) is 5.80. The van der Waals surface area contributed by atoms with Gasteiger partial charge in [0.15, 0.2) is 6.79 Å². The molecule has 2 aromatic rings. The fourth-order valence-electron chi connectivity index (χ4n) is 1.83. The van der Waals surface area contributed by atoms with E-state index in [1.807, 2.05) is 42.5 Å². The molecule has 0 aliphatic rings. The van der Waals surface area contributed by atoms with Crippen LogP contribution in [0.3, 0.4) is 0 Å². The van der Waals surface area contributed by atoms with E-state index in [0.717, 1.165) is 14.9 Å². The predicted octanol–water partition coefficient (Wildman–Crippen LogP) is 3.78. The molecule has 0 aliphatic heterocycles. The maximum Gasteiger partial charge on any atom is 0.309 e. The lowest BCUT2D eigenvalue weighted by Crippen LogP contribution is -2.04. The largest absolute Gasteiger partial charge is 0.469 e. The standard InChI is InChI=1S/C17H17IO5/c1-20-11-22-13-4-6-14(7-5-13)23-16-8-3-12(9-15(16)18)10-17(19)21-2/h3-9H,10-11H2,1-2H3. The fraction of sp³-hybridized carbons (Fsp3) is 0.235. The Kier molecular flexibility index (Phi) is 6.66. The summed E-state index contributed by atoms with van der Waals surface area (Å²) in [6, 6.07) is 12.9. The van der Waals surface area contributed by atoms with Gasteiger partial charge in [0.1, 0.15) is 17.2 Å². The lowest BCUT2D eigenvalue weighted by molar-refractivity contribution is -0.139. The summed E-state index contributed by atoms with van der Waals surface area (Å²) < 4.78 is 21.6. The zero-order valence-corrected chi connectivity index (χ0v) is 15.0. The molecule has 0 heterocycles. The Labute approximate surface area is 148 Å². The van der Waals surface area contributed by atoms with Crippen LogP contribution in [0.5, 0.6) is 17.2 Å². The van der Waals surface area contributed by atoms with Gasteiger partial charge in [0.25, 0.3) is 0 Å². The van der Waals surface area contributed by atoms with Gasteiger partial charge in [-0.3, -0.25) is 4.79 Å². The van der Waals surface area contributed by atoms with Gasteiger partial charge in [-0.05, 0) is 64.6 Å². The van der Waals surface area contributed by atoms with Gasteiger partial charge in [0.2, 0.25) is 0 Å². The molecular formula is C17H17IO5. The number of benzene rings is 2. The van der Waals surface area contributed by atoms with Crippen molar-refractivity contribution in [3.05, 3.63) is 51.6 Å². The van der Waals surface area contributed by atoms with Crippen molar-refractivity contribution >= 4 is 28.6 Å². The molecule has 0 saturated heterocycles. The van der Waals surface area contributed by atoms with Crippen LogP contribution in [0.15, 0.2) is 42.5 Å². The Morgan fingerprint density at radius 3 is 2.35 bits per heavy atom. The van der Waals surface area contributed by atoms with Crippen LogP contribution in [-0.2, 0) is 20.7 Å². The molecule has 0 N–H and O–H groups in total. The molecule has 0 unspecified atom stereocenters. The van der Waals surface area contributed by atoms with Crippen LogP contribution in [-0.4, -0.2) is 27.0 Å². The van der Waals surface area contributed by atoms with E-state index < -0.39 is 0 Å². The van der Waals surface area contributed by atoms with Crippen LogP contribution < -0.4 is 9.47 Å².